The van der Waals surface area contributed by atoms with Gasteiger partial charge in [-0.2, -0.15) is 0 Å². The maximum Gasteiger partial charge on any atom is 0.240 e. The van der Waals surface area contributed by atoms with E-state index in [1.807, 2.05) is 6.92 Å². The zero-order chi connectivity index (χ0) is 14.8. The maximum absolute atomic E-state index is 12.1. The molecule has 0 aliphatic rings. The third kappa shape index (κ3) is 3.56. The van der Waals surface area contributed by atoms with Gasteiger partial charge in [0.15, 0.2) is 0 Å². The Kier molecular flexibility index (Phi) is 4.77. The van der Waals surface area contributed by atoms with Crippen LogP contribution in [0.25, 0.3) is 0 Å². The van der Waals surface area contributed by atoms with Crippen LogP contribution in [0.15, 0.2) is 28.5 Å². The first kappa shape index (κ1) is 15.4. The second-order valence-electron chi connectivity index (χ2n) is 4.09. The van der Waals surface area contributed by atoms with E-state index < -0.39 is 10.0 Å². The van der Waals surface area contributed by atoms with Crippen LogP contribution in [0.2, 0.25) is 5.02 Å². The molecule has 0 saturated heterocycles. The Morgan fingerprint density at radius 1 is 1.45 bits per heavy atom. The highest BCUT2D eigenvalue weighted by Crippen LogP contribution is 2.21. The van der Waals surface area contributed by atoms with Gasteiger partial charge in [0.25, 0.3) is 0 Å². The molecule has 8 heteroatoms. The lowest BCUT2D eigenvalue weighted by molar-refractivity contribution is 0.282. The lowest BCUT2D eigenvalue weighted by Crippen LogP contribution is -2.23. The average Bonchev–Trinajstić information content (AvgIpc) is 2.82. The molecule has 0 unspecified atom stereocenters. The first-order valence-electron chi connectivity index (χ1n) is 5.72. The SMILES string of the molecule is Cc1nc(CNS(=O)(=O)c2ccc(CO)c(Cl)c2)cs1. The van der Waals surface area contributed by atoms with Gasteiger partial charge in [-0.1, -0.05) is 17.7 Å². The highest BCUT2D eigenvalue weighted by Gasteiger charge is 2.15. The lowest BCUT2D eigenvalue weighted by Gasteiger charge is -2.07. The number of halogens is 1. The van der Waals surface area contributed by atoms with Crippen LogP contribution in [-0.2, 0) is 23.2 Å². The smallest absolute Gasteiger partial charge is 0.240 e. The van der Waals surface area contributed by atoms with Gasteiger partial charge in [0.2, 0.25) is 10.0 Å². The topological polar surface area (TPSA) is 79.3 Å². The van der Waals surface area contributed by atoms with E-state index in [9.17, 15) is 8.42 Å². The van der Waals surface area contributed by atoms with Gasteiger partial charge in [-0.25, -0.2) is 18.1 Å². The predicted octanol–water partition coefficient (Wildman–Crippen LogP) is 2.08. The highest BCUT2D eigenvalue weighted by molar-refractivity contribution is 7.89. The number of sulfonamides is 1. The minimum absolute atomic E-state index is 0.0617. The van der Waals surface area contributed by atoms with E-state index in [-0.39, 0.29) is 23.1 Å². The van der Waals surface area contributed by atoms with Crippen molar-refractivity contribution in [1.29, 1.82) is 0 Å². The van der Waals surface area contributed by atoms with Crippen LogP contribution in [0.3, 0.4) is 0 Å². The van der Waals surface area contributed by atoms with Gasteiger partial charge in [-0.15, -0.1) is 11.3 Å². The number of nitrogens with one attached hydrogen (secondary N) is 1. The third-order valence-electron chi connectivity index (χ3n) is 2.62. The molecule has 2 rings (SSSR count). The number of aryl methyl sites for hydroxylation is 1. The summed E-state index contributed by atoms with van der Waals surface area (Å²) < 4.78 is 26.7. The summed E-state index contributed by atoms with van der Waals surface area (Å²) in [4.78, 5) is 4.25. The molecule has 2 N–H and O–H groups in total. The summed E-state index contributed by atoms with van der Waals surface area (Å²) in [5.41, 5.74) is 1.16. The molecule has 0 spiro atoms. The van der Waals surface area contributed by atoms with Crippen molar-refractivity contribution in [2.45, 2.75) is 25.0 Å². The summed E-state index contributed by atoms with van der Waals surface area (Å²) in [6.45, 7) is 1.76. The molecule has 0 aliphatic carbocycles. The molecule has 1 heterocycles. The number of benzene rings is 1. The Labute approximate surface area is 126 Å². The van der Waals surface area contributed by atoms with Crippen molar-refractivity contribution in [3.63, 3.8) is 0 Å². The van der Waals surface area contributed by atoms with Crippen LogP contribution in [0.5, 0.6) is 0 Å². The van der Waals surface area contributed by atoms with Gasteiger partial charge in [-0.3, -0.25) is 0 Å². The van der Waals surface area contributed by atoms with Crippen LogP contribution in [-0.4, -0.2) is 18.5 Å². The van der Waals surface area contributed by atoms with Crippen LogP contribution in [0, 0.1) is 6.92 Å². The van der Waals surface area contributed by atoms with E-state index in [0.29, 0.717) is 11.3 Å². The second kappa shape index (κ2) is 6.19. The fourth-order valence-corrected chi connectivity index (χ4v) is 3.51. The fraction of sp³-hybridized carbons (Fsp3) is 0.250. The zero-order valence-corrected chi connectivity index (χ0v) is 13.0. The van der Waals surface area contributed by atoms with E-state index >= 15 is 0 Å². The second-order valence-corrected chi connectivity index (χ2v) is 7.33. The van der Waals surface area contributed by atoms with Crippen LogP contribution in [0.4, 0.5) is 0 Å². The summed E-state index contributed by atoms with van der Waals surface area (Å²) in [5.74, 6) is 0. The molecule has 20 heavy (non-hydrogen) atoms. The molecule has 1 aromatic carbocycles. The summed E-state index contributed by atoms with van der Waals surface area (Å²) in [5, 5.41) is 11.9. The molecule has 2 aromatic rings. The van der Waals surface area contributed by atoms with Gasteiger partial charge >= 0.3 is 0 Å². The van der Waals surface area contributed by atoms with Crippen molar-refractivity contribution in [2.75, 3.05) is 0 Å². The van der Waals surface area contributed by atoms with Crippen molar-refractivity contribution in [3.05, 3.63) is 44.9 Å². The monoisotopic (exact) mass is 332 g/mol. The van der Waals surface area contributed by atoms with E-state index in [2.05, 4.69) is 9.71 Å². The summed E-state index contributed by atoms with van der Waals surface area (Å²) in [6.07, 6.45) is 0. The largest absolute Gasteiger partial charge is 0.392 e. The van der Waals surface area contributed by atoms with Crippen molar-refractivity contribution in [3.8, 4) is 0 Å². The van der Waals surface area contributed by atoms with Crippen LogP contribution in [0.1, 0.15) is 16.3 Å². The standard InChI is InChI=1S/C12H13ClN2O3S2/c1-8-15-10(7-19-8)5-14-20(17,18)11-3-2-9(6-16)12(13)4-11/h2-4,7,14,16H,5-6H2,1H3. The Bertz CT molecular complexity index is 713. The van der Waals surface area contributed by atoms with Gasteiger partial charge in [0.1, 0.15) is 0 Å². The van der Waals surface area contributed by atoms with Gasteiger partial charge in [0, 0.05) is 10.4 Å². The van der Waals surface area contributed by atoms with Gasteiger partial charge in [-0.05, 0) is 24.6 Å². The molecular weight excluding hydrogens is 320 g/mol. The predicted molar refractivity (Wildman–Crippen MR) is 78.3 cm³/mol. The number of aliphatic hydroxyl groups excluding tert-OH is 1. The van der Waals surface area contributed by atoms with E-state index in [0.717, 1.165) is 5.01 Å². The quantitative estimate of drug-likeness (QED) is 0.878. The molecular formula is C12H13ClN2O3S2. The first-order valence-corrected chi connectivity index (χ1v) is 8.46. The molecule has 0 aliphatic heterocycles. The van der Waals surface area contributed by atoms with E-state index in [1.165, 1.54) is 29.5 Å². The van der Waals surface area contributed by atoms with Crippen LogP contribution < -0.4 is 4.72 Å². The fourth-order valence-electron chi connectivity index (χ4n) is 1.57. The Morgan fingerprint density at radius 3 is 2.75 bits per heavy atom. The number of nitrogens with zero attached hydrogens (tertiary/aromatic N) is 1. The molecule has 0 saturated carbocycles. The molecule has 0 atom stereocenters. The normalized spacial score (nSPS) is 11.8. The van der Waals surface area contributed by atoms with E-state index in [1.54, 1.807) is 5.38 Å². The number of rotatable bonds is 5. The molecule has 0 fully saturated rings. The minimum Gasteiger partial charge on any atom is -0.392 e. The Hall–Kier alpha value is -0.990. The Balaban J connectivity index is 2.15. The van der Waals surface area contributed by atoms with Gasteiger partial charge < -0.3 is 5.11 Å². The number of aromatic nitrogens is 1. The van der Waals surface area contributed by atoms with Crippen molar-refractivity contribution >= 4 is 33.0 Å². The van der Waals surface area contributed by atoms with E-state index in [4.69, 9.17) is 16.7 Å². The maximum atomic E-state index is 12.1. The lowest BCUT2D eigenvalue weighted by atomic mass is 10.2. The number of hydrogen-bond acceptors (Lipinski definition) is 5. The number of thiazole rings is 1. The van der Waals surface area contributed by atoms with Gasteiger partial charge in [0.05, 0.1) is 28.7 Å². The highest BCUT2D eigenvalue weighted by atomic mass is 35.5. The summed E-state index contributed by atoms with van der Waals surface area (Å²) >= 11 is 7.36. The number of aliphatic hydroxyl groups is 1. The van der Waals surface area contributed by atoms with Crippen molar-refractivity contribution < 1.29 is 13.5 Å². The molecule has 0 amide bonds. The summed E-state index contributed by atoms with van der Waals surface area (Å²) in [7, 11) is -3.65. The molecule has 5 nitrogen and oxygen atoms in total. The molecule has 1 aromatic heterocycles. The van der Waals surface area contributed by atoms with Crippen molar-refractivity contribution in [1.82, 2.24) is 9.71 Å². The summed E-state index contributed by atoms with van der Waals surface area (Å²) in [6, 6.07) is 4.22. The zero-order valence-electron chi connectivity index (χ0n) is 10.6. The number of hydrogen-bond donors (Lipinski definition) is 2. The molecule has 0 bridgehead atoms. The third-order valence-corrected chi connectivity index (χ3v) is 5.19. The molecule has 108 valence electrons. The Morgan fingerprint density at radius 2 is 2.20 bits per heavy atom. The average molecular weight is 333 g/mol. The molecule has 0 radical (unpaired) electrons. The van der Waals surface area contributed by atoms with Crippen molar-refractivity contribution in [2.24, 2.45) is 0 Å². The first-order chi connectivity index (χ1) is 9.42. The van der Waals surface area contributed by atoms with Crippen LogP contribution >= 0.6 is 22.9 Å². The minimum atomic E-state index is -3.65.